The molecular weight excluding hydrogens is 290 g/mol. The Kier molecular flexibility index (Phi) is 3.66. The van der Waals surface area contributed by atoms with E-state index in [1.807, 2.05) is 18.2 Å². The van der Waals surface area contributed by atoms with Crippen LogP contribution in [0.4, 0.5) is 0 Å². The van der Waals surface area contributed by atoms with Gasteiger partial charge in [-0.25, -0.2) is 0 Å². The number of benzene rings is 2. The summed E-state index contributed by atoms with van der Waals surface area (Å²) in [5, 5.41) is 9.81. The molecule has 3 rings (SSSR count). The first-order valence-electron chi connectivity index (χ1n) is 6.67. The molecule has 2 aromatic rings. The van der Waals surface area contributed by atoms with Gasteiger partial charge < -0.3 is 20.3 Å². The Labute approximate surface area is 128 Å². The summed E-state index contributed by atoms with van der Waals surface area (Å²) in [4.78, 5) is 0. The quantitative estimate of drug-likeness (QED) is 0.890. The Hall–Kier alpha value is -1.91. The summed E-state index contributed by atoms with van der Waals surface area (Å²) in [6.07, 6.45) is 0.457. The van der Waals surface area contributed by atoms with E-state index in [1.165, 1.54) is 0 Å². The van der Waals surface area contributed by atoms with Gasteiger partial charge in [0.1, 0.15) is 23.4 Å². The summed E-state index contributed by atoms with van der Waals surface area (Å²) >= 11 is 5.96. The Morgan fingerprint density at radius 3 is 2.81 bits per heavy atom. The number of hydrogen-bond acceptors (Lipinski definition) is 4. The first kappa shape index (κ1) is 14.0. The molecule has 1 unspecified atom stereocenters. The largest absolute Gasteiger partial charge is 0.506 e. The maximum atomic E-state index is 9.51. The van der Waals surface area contributed by atoms with E-state index in [1.54, 1.807) is 25.3 Å². The molecule has 2 atom stereocenters. The fourth-order valence-electron chi connectivity index (χ4n) is 2.54. The van der Waals surface area contributed by atoms with E-state index in [-0.39, 0.29) is 17.9 Å². The van der Waals surface area contributed by atoms with E-state index in [0.29, 0.717) is 11.4 Å². The third-order valence-electron chi connectivity index (χ3n) is 3.70. The lowest BCUT2D eigenvalue weighted by atomic mass is 9.93. The van der Waals surface area contributed by atoms with Gasteiger partial charge in [-0.15, -0.1) is 0 Å². The fourth-order valence-corrected chi connectivity index (χ4v) is 2.73. The van der Waals surface area contributed by atoms with Crippen LogP contribution in [0.25, 0.3) is 0 Å². The molecule has 0 bridgehead atoms. The molecule has 1 heterocycles. The number of hydrogen-bond donors (Lipinski definition) is 2. The van der Waals surface area contributed by atoms with Crippen molar-refractivity contribution in [2.45, 2.75) is 18.6 Å². The minimum absolute atomic E-state index is 0.0580. The summed E-state index contributed by atoms with van der Waals surface area (Å²) < 4.78 is 11.2. The maximum Gasteiger partial charge on any atom is 0.134 e. The predicted molar refractivity (Wildman–Crippen MR) is 81.0 cm³/mol. The van der Waals surface area contributed by atoms with Crippen molar-refractivity contribution in [2.75, 3.05) is 7.11 Å². The van der Waals surface area contributed by atoms with E-state index < -0.39 is 0 Å². The lowest BCUT2D eigenvalue weighted by Gasteiger charge is -2.31. The number of methoxy groups -OCH3 is 1. The van der Waals surface area contributed by atoms with E-state index in [2.05, 4.69) is 0 Å². The summed E-state index contributed by atoms with van der Waals surface area (Å²) in [5.74, 6) is 1.51. The van der Waals surface area contributed by atoms with Crippen molar-refractivity contribution >= 4 is 11.6 Å². The summed E-state index contributed by atoms with van der Waals surface area (Å²) in [6.45, 7) is 0. The van der Waals surface area contributed by atoms with Crippen molar-refractivity contribution in [1.29, 1.82) is 0 Å². The minimum atomic E-state index is -0.197. The normalized spacial score (nSPS) is 20.5. The predicted octanol–water partition coefficient (Wildman–Crippen LogP) is 3.58. The van der Waals surface area contributed by atoms with Gasteiger partial charge in [-0.2, -0.15) is 0 Å². The van der Waals surface area contributed by atoms with Crippen molar-refractivity contribution in [1.82, 2.24) is 0 Å². The van der Waals surface area contributed by atoms with Crippen molar-refractivity contribution in [3.63, 3.8) is 0 Å². The van der Waals surface area contributed by atoms with Gasteiger partial charge in [-0.3, -0.25) is 0 Å². The SMILES string of the molecule is COc1ccc2c(c1)OC(c1ccc(O)c(Cl)c1)C[C@@H]2N. The van der Waals surface area contributed by atoms with Crippen LogP contribution in [0.1, 0.15) is 29.7 Å². The topological polar surface area (TPSA) is 64.7 Å². The highest BCUT2D eigenvalue weighted by Crippen LogP contribution is 2.42. The molecule has 4 nitrogen and oxygen atoms in total. The minimum Gasteiger partial charge on any atom is -0.506 e. The summed E-state index contributed by atoms with van der Waals surface area (Å²) in [7, 11) is 1.61. The number of rotatable bonds is 2. The van der Waals surface area contributed by atoms with Crippen molar-refractivity contribution < 1.29 is 14.6 Å². The summed E-state index contributed by atoms with van der Waals surface area (Å²) in [6, 6.07) is 10.6. The second-order valence-corrected chi connectivity index (χ2v) is 5.47. The number of halogens is 1. The van der Waals surface area contributed by atoms with Crippen LogP contribution in [0.5, 0.6) is 17.2 Å². The molecule has 1 aliphatic heterocycles. The monoisotopic (exact) mass is 305 g/mol. The Balaban J connectivity index is 1.94. The van der Waals surface area contributed by atoms with Gasteiger partial charge >= 0.3 is 0 Å². The first-order chi connectivity index (χ1) is 10.1. The van der Waals surface area contributed by atoms with Gasteiger partial charge in [0.25, 0.3) is 0 Å². The average molecular weight is 306 g/mol. The number of phenolic OH excluding ortho intramolecular Hbond substituents is 1. The smallest absolute Gasteiger partial charge is 0.134 e. The van der Waals surface area contributed by atoms with E-state index in [0.717, 1.165) is 22.6 Å². The number of phenols is 1. The second-order valence-electron chi connectivity index (χ2n) is 5.06. The highest BCUT2D eigenvalue weighted by molar-refractivity contribution is 6.32. The standard InChI is InChI=1S/C16H16ClNO3/c1-20-10-3-4-11-13(18)8-15(21-16(11)7-10)9-2-5-14(19)12(17)6-9/h2-7,13,15,19H,8,18H2,1H3/t13-,15?/m0/s1. The van der Waals surface area contributed by atoms with E-state index in [4.69, 9.17) is 26.8 Å². The van der Waals surface area contributed by atoms with E-state index >= 15 is 0 Å². The van der Waals surface area contributed by atoms with Crippen LogP contribution < -0.4 is 15.2 Å². The van der Waals surface area contributed by atoms with Gasteiger partial charge in [0, 0.05) is 24.1 Å². The van der Waals surface area contributed by atoms with Gasteiger partial charge in [0.2, 0.25) is 0 Å². The zero-order chi connectivity index (χ0) is 15.0. The Bertz CT molecular complexity index is 675. The van der Waals surface area contributed by atoms with Crippen LogP contribution in [0, 0.1) is 0 Å². The molecule has 5 heteroatoms. The zero-order valence-electron chi connectivity index (χ0n) is 11.5. The lowest BCUT2D eigenvalue weighted by Crippen LogP contribution is -2.24. The van der Waals surface area contributed by atoms with Gasteiger partial charge in [0.15, 0.2) is 0 Å². The molecule has 0 aliphatic carbocycles. The van der Waals surface area contributed by atoms with Crippen molar-refractivity contribution in [3.05, 3.63) is 52.5 Å². The Morgan fingerprint density at radius 1 is 1.29 bits per heavy atom. The van der Waals surface area contributed by atoms with Crippen LogP contribution in [0.2, 0.25) is 5.02 Å². The third-order valence-corrected chi connectivity index (χ3v) is 4.00. The molecule has 110 valence electrons. The molecule has 0 spiro atoms. The summed E-state index contributed by atoms with van der Waals surface area (Å²) in [5.41, 5.74) is 8.09. The molecule has 0 radical (unpaired) electrons. The first-order valence-corrected chi connectivity index (χ1v) is 7.05. The Morgan fingerprint density at radius 2 is 2.10 bits per heavy atom. The molecule has 0 saturated carbocycles. The highest BCUT2D eigenvalue weighted by Gasteiger charge is 2.27. The maximum absolute atomic E-state index is 9.51. The molecular formula is C16H16ClNO3. The molecule has 21 heavy (non-hydrogen) atoms. The number of aromatic hydroxyl groups is 1. The molecule has 0 amide bonds. The van der Waals surface area contributed by atoms with Gasteiger partial charge in [0.05, 0.1) is 12.1 Å². The number of ether oxygens (including phenoxy) is 2. The number of nitrogens with two attached hydrogens (primary N) is 1. The van der Waals surface area contributed by atoms with Crippen LogP contribution in [0.15, 0.2) is 36.4 Å². The molecule has 2 aromatic carbocycles. The van der Waals surface area contributed by atoms with Gasteiger partial charge in [-0.1, -0.05) is 23.7 Å². The van der Waals surface area contributed by atoms with Crippen LogP contribution in [-0.4, -0.2) is 12.2 Å². The van der Waals surface area contributed by atoms with Crippen LogP contribution >= 0.6 is 11.6 Å². The molecule has 1 aliphatic rings. The fraction of sp³-hybridized carbons (Fsp3) is 0.250. The number of fused-ring (bicyclic) bond motifs is 1. The highest BCUT2D eigenvalue weighted by atomic mass is 35.5. The average Bonchev–Trinajstić information content (AvgIpc) is 2.49. The van der Waals surface area contributed by atoms with Gasteiger partial charge in [-0.05, 0) is 23.8 Å². The van der Waals surface area contributed by atoms with Crippen molar-refractivity contribution in [2.24, 2.45) is 5.73 Å². The molecule has 0 fully saturated rings. The zero-order valence-corrected chi connectivity index (χ0v) is 12.3. The molecule has 0 saturated heterocycles. The van der Waals surface area contributed by atoms with Crippen LogP contribution in [0.3, 0.4) is 0 Å². The van der Waals surface area contributed by atoms with Crippen LogP contribution in [-0.2, 0) is 0 Å². The molecule has 0 aromatic heterocycles. The van der Waals surface area contributed by atoms with Crippen molar-refractivity contribution in [3.8, 4) is 17.2 Å². The second kappa shape index (κ2) is 5.47. The third kappa shape index (κ3) is 2.64. The van der Waals surface area contributed by atoms with E-state index in [9.17, 15) is 5.11 Å². The lowest BCUT2D eigenvalue weighted by molar-refractivity contribution is 0.161. The molecule has 3 N–H and O–H groups in total.